The highest BCUT2D eigenvalue weighted by molar-refractivity contribution is 5.94. The predicted octanol–water partition coefficient (Wildman–Crippen LogP) is 1.43. The zero-order chi connectivity index (χ0) is 18.6. The van der Waals surface area contributed by atoms with Gasteiger partial charge in [-0.15, -0.1) is 0 Å². The first-order chi connectivity index (χ1) is 13.2. The minimum Gasteiger partial charge on any atom is -0.335 e. The van der Waals surface area contributed by atoms with E-state index in [1.807, 2.05) is 11.0 Å². The van der Waals surface area contributed by atoms with Gasteiger partial charge in [0.2, 0.25) is 11.8 Å². The lowest BCUT2D eigenvalue weighted by atomic mass is 10.0. The maximum atomic E-state index is 12.4. The van der Waals surface area contributed by atoms with Crippen LogP contribution >= 0.6 is 0 Å². The van der Waals surface area contributed by atoms with Crippen molar-refractivity contribution < 1.29 is 9.59 Å². The molecule has 138 valence electrons. The second-order valence-electron chi connectivity index (χ2n) is 6.65. The third-order valence-electron chi connectivity index (χ3n) is 4.73. The average molecular weight is 364 g/mol. The van der Waals surface area contributed by atoms with Gasteiger partial charge in [0.1, 0.15) is 18.5 Å². The lowest BCUT2D eigenvalue weighted by molar-refractivity contribution is -0.125. The van der Waals surface area contributed by atoms with E-state index in [0.717, 1.165) is 24.1 Å². The maximum Gasteiger partial charge on any atom is 0.246 e. The Morgan fingerprint density at radius 3 is 3.00 bits per heavy atom. The first-order valence-electron chi connectivity index (χ1n) is 8.93. The zero-order valence-corrected chi connectivity index (χ0v) is 14.8. The summed E-state index contributed by atoms with van der Waals surface area (Å²) in [5.74, 6) is 0.600. The normalized spacial score (nSPS) is 16.8. The molecule has 0 atom stereocenters. The summed E-state index contributed by atoms with van der Waals surface area (Å²) in [6.45, 7) is 2.01. The number of rotatable bonds is 4. The Kier molecular flexibility index (Phi) is 4.78. The van der Waals surface area contributed by atoms with Gasteiger partial charge in [0, 0.05) is 31.8 Å². The second-order valence-corrected chi connectivity index (χ2v) is 6.65. The largest absolute Gasteiger partial charge is 0.335 e. The van der Waals surface area contributed by atoms with Crippen molar-refractivity contribution in [3.63, 3.8) is 0 Å². The molecule has 0 fully saturated rings. The van der Waals surface area contributed by atoms with E-state index < -0.39 is 0 Å². The van der Waals surface area contributed by atoms with Crippen LogP contribution in [0.15, 0.2) is 42.6 Å². The number of aromatic nitrogens is 4. The minimum absolute atomic E-state index is 0.00480. The molecule has 0 saturated carbocycles. The molecule has 27 heavy (non-hydrogen) atoms. The molecule has 8 heteroatoms. The highest BCUT2D eigenvalue weighted by Gasteiger charge is 2.17. The Bertz CT molecular complexity index is 916. The van der Waals surface area contributed by atoms with Crippen molar-refractivity contribution in [2.45, 2.75) is 25.8 Å². The van der Waals surface area contributed by atoms with Crippen molar-refractivity contribution in [3.05, 3.63) is 53.8 Å². The van der Waals surface area contributed by atoms with Crippen molar-refractivity contribution in [1.82, 2.24) is 24.6 Å². The molecule has 4 heterocycles. The summed E-state index contributed by atoms with van der Waals surface area (Å²) in [7, 11) is 0. The average Bonchev–Trinajstić information content (AvgIpc) is 3.19. The number of carbonyl (C=O) groups is 2. The van der Waals surface area contributed by atoms with Crippen LogP contribution in [-0.2, 0) is 22.6 Å². The molecule has 0 saturated heterocycles. The summed E-state index contributed by atoms with van der Waals surface area (Å²) in [5, 5.41) is 6.86. The number of nitrogens with one attached hydrogen (secondary N) is 1. The van der Waals surface area contributed by atoms with Gasteiger partial charge in [-0.1, -0.05) is 6.08 Å². The van der Waals surface area contributed by atoms with E-state index in [1.54, 1.807) is 29.4 Å². The second kappa shape index (κ2) is 7.53. The van der Waals surface area contributed by atoms with Crippen molar-refractivity contribution in [3.8, 4) is 0 Å². The van der Waals surface area contributed by atoms with E-state index in [2.05, 4.69) is 26.5 Å². The van der Waals surface area contributed by atoms with Gasteiger partial charge < -0.3 is 10.2 Å². The van der Waals surface area contributed by atoms with Crippen LogP contribution in [0.5, 0.6) is 0 Å². The molecule has 4 rings (SSSR count). The number of hydrogen-bond donors (Lipinski definition) is 1. The number of fused-ring (bicyclic) bond motifs is 1. The summed E-state index contributed by atoms with van der Waals surface area (Å²) in [5.41, 5.74) is 3.12. The molecular formula is C19H20N6O2. The number of aryl methyl sites for hydroxylation is 1. The molecule has 0 bridgehead atoms. The van der Waals surface area contributed by atoms with Gasteiger partial charge in [-0.3, -0.25) is 9.59 Å². The number of amides is 2. The Balaban J connectivity index is 1.35. The molecular weight excluding hydrogens is 344 g/mol. The number of hydrogen-bond acceptors (Lipinski definition) is 5. The van der Waals surface area contributed by atoms with Gasteiger partial charge in [-0.05, 0) is 41.7 Å². The van der Waals surface area contributed by atoms with Gasteiger partial charge in [0.05, 0.1) is 6.54 Å². The third kappa shape index (κ3) is 4.11. The Morgan fingerprint density at radius 2 is 2.22 bits per heavy atom. The molecule has 1 N–H and O–H groups in total. The molecule has 0 aromatic carbocycles. The maximum absolute atomic E-state index is 12.4. The fourth-order valence-corrected chi connectivity index (χ4v) is 3.22. The summed E-state index contributed by atoms with van der Waals surface area (Å²) >= 11 is 0. The highest BCUT2D eigenvalue weighted by atomic mass is 16.2. The fraction of sp³-hybridized carbons (Fsp3) is 0.316. The van der Waals surface area contributed by atoms with E-state index in [9.17, 15) is 9.59 Å². The lowest BCUT2D eigenvalue weighted by Crippen LogP contribution is -2.34. The SMILES string of the molecule is O=C1CCc2cc(C=CC(=O)N3CC=C(Cn4cncn4)CC3)cnc2N1. The molecule has 2 amide bonds. The summed E-state index contributed by atoms with van der Waals surface area (Å²) in [4.78, 5) is 33.8. The Morgan fingerprint density at radius 1 is 1.30 bits per heavy atom. The van der Waals surface area contributed by atoms with Crippen LogP contribution in [-0.4, -0.2) is 49.6 Å². The van der Waals surface area contributed by atoms with Crippen LogP contribution in [0.2, 0.25) is 0 Å². The first-order valence-corrected chi connectivity index (χ1v) is 8.93. The monoisotopic (exact) mass is 364 g/mol. The van der Waals surface area contributed by atoms with Gasteiger partial charge in [-0.25, -0.2) is 14.6 Å². The molecule has 0 aliphatic carbocycles. The van der Waals surface area contributed by atoms with E-state index in [0.29, 0.717) is 31.7 Å². The standard InChI is InChI=1S/C19H20N6O2/c26-17-3-2-16-9-15(10-21-19(16)23-17)1-4-18(27)24-7-5-14(6-8-24)11-25-13-20-12-22-25/h1,4-5,9-10,12-13H,2-3,6-8,11H2,(H,21,23,26). The van der Waals surface area contributed by atoms with E-state index in [1.165, 1.54) is 11.9 Å². The van der Waals surface area contributed by atoms with Crippen LogP contribution < -0.4 is 5.32 Å². The number of carbonyl (C=O) groups excluding carboxylic acids is 2. The molecule has 2 aromatic rings. The molecule has 2 aromatic heterocycles. The van der Waals surface area contributed by atoms with Gasteiger partial charge >= 0.3 is 0 Å². The van der Waals surface area contributed by atoms with Crippen LogP contribution in [0.3, 0.4) is 0 Å². The Hall–Kier alpha value is -3.29. The van der Waals surface area contributed by atoms with Gasteiger partial charge in [0.25, 0.3) is 0 Å². The van der Waals surface area contributed by atoms with Gasteiger partial charge in [-0.2, -0.15) is 5.10 Å². The molecule has 0 radical (unpaired) electrons. The minimum atomic E-state index is -0.0166. The van der Waals surface area contributed by atoms with E-state index in [-0.39, 0.29) is 11.8 Å². The Labute approximate surface area is 156 Å². The van der Waals surface area contributed by atoms with Crippen molar-refractivity contribution in [2.75, 3.05) is 18.4 Å². The lowest BCUT2D eigenvalue weighted by Gasteiger charge is -2.25. The van der Waals surface area contributed by atoms with E-state index in [4.69, 9.17) is 0 Å². The number of pyridine rings is 1. The molecule has 8 nitrogen and oxygen atoms in total. The molecule has 0 spiro atoms. The molecule has 0 unspecified atom stereocenters. The first kappa shape index (κ1) is 17.1. The fourth-order valence-electron chi connectivity index (χ4n) is 3.22. The van der Waals surface area contributed by atoms with Crippen LogP contribution in [0.4, 0.5) is 5.82 Å². The van der Waals surface area contributed by atoms with Crippen molar-refractivity contribution in [2.24, 2.45) is 0 Å². The van der Waals surface area contributed by atoms with Crippen molar-refractivity contribution >= 4 is 23.7 Å². The zero-order valence-electron chi connectivity index (χ0n) is 14.8. The van der Waals surface area contributed by atoms with Crippen molar-refractivity contribution in [1.29, 1.82) is 0 Å². The predicted molar refractivity (Wildman–Crippen MR) is 99.5 cm³/mol. The quantitative estimate of drug-likeness (QED) is 0.654. The van der Waals surface area contributed by atoms with Gasteiger partial charge in [0.15, 0.2) is 0 Å². The molecule has 2 aliphatic rings. The molecule has 2 aliphatic heterocycles. The number of anilines is 1. The van der Waals surface area contributed by atoms with E-state index >= 15 is 0 Å². The van der Waals surface area contributed by atoms with Crippen LogP contribution in [0, 0.1) is 0 Å². The highest BCUT2D eigenvalue weighted by Crippen LogP contribution is 2.21. The summed E-state index contributed by atoms with van der Waals surface area (Å²) in [6, 6.07) is 1.97. The summed E-state index contributed by atoms with van der Waals surface area (Å²) < 4.78 is 1.79. The third-order valence-corrected chi connectivity index (χ3v) is 4.73. The smallest absolute Gasteiger partial charge is 0.246 e. The number of nitrogens with zero attached hydrogens (tertiary/aromatic N) is 5. The topological polar surface area (TPSA) is 93.0 Å². The van der Waals surface area contributed by atoms with Crippen LogP contribution in [0.25, 0.3) is 6.08 Å². The summed E-state index contributed by atoms with van der Waals surface area (Å²) in [6.07, 6.45) is 12.3. The van der Waals surface area contributed by atoms with Crippen LogP contribution in [0.1, 0.15) is 24.0 Å².